The van der Waals surface area contributed by atoms with Gasteiger partial charge in [-0.1, -0.05) is 61.0 Å². The second-order valence-electron chi connectivity index (χ2n) is 6.27. The fraction of sp³-hybridized carbons (Fsp3) is 0.400. The van der Waals surface area contributed by atoms with Gasteiger partial charge in [-0.2, -0.15) is 0 Å². The molecule has 0 heterocycles. The van der Waals surface area contributed by atoms with Crippen LogP contribution in [0.25, 0.3) is 0 Å². The average molecular weight is 279 g/mol. The largest absolute Gasteiger partial charge is 0.306 e. The van der Waals surface area contributed by atoms with Crippen LogP contribution in [0.5, 0.6) is 0 Å². The summed E-state index contributed by atoms with van der Waals surface area (Å²) in [7, 11) is 0. The van der Waals surface area contributed by atoms with Gasteiger partial charge < -0.3 is 5.32 Å². The van der Waals surface area contributed by atoms with E-state index in [2.05, 4.69) is 67.7 Å². The van der Waals surface area contributed by atoms with Crippen LogP contribution in [0.3, 0.4) is 0 Å². The van der Waals surface area contributed by atoms with E-state index in [9.17, 15) is 0 Å². The van der Waals surface area contributed by atoms with E-state index in [0.29, 0.717) is 6.04 Å². The van der Waals surface area contributed by atoms with Crippen molar-refractivity contribution in [2.45, 2.75) is 51.6 Å². The Labute approximate surface area is 128 Å². The number of nitrogens with one attached hydrogen (secondary N) is 1. The van der Waals surface area contributed by atoms with Gasteiger partial charge in [0.1, 0.15) is 0 Å². The third kappa shape index (κ3) is 3.74. The third-order valence-electron chi connectivity index (χ3n) is 4.47. The molecule has 1 saturated carbocycles. The van der Waals surface area contributed by atoms with Gasteiger partial charge in [-0.3, -0.25) is 0 Å². The van der Waals surface area contributed by atoms with Crippen LogP contribution in [0.4, 0.5) is 0 Å². The number of hydrogen-bond donors (Lipinski definition) is 1. The summed E-state index contributed by atoms with van der Waals surface area (Å²) in [5.41, 5.74) is 5.61. The lowest BCUT2D eigenvalue weighted by Gasteiger charge is -2.18. The first kappa shape index (κ1) is 14.3. The van der Waals surface area contributed by atoms with Crippen molar-refractivity contribution in [3.63, 3.8) is 0 Å². The molecule has 1 unspecified atom stereocenters. The fourth-order valence-electron chi connectivity index (χ4n) is 2.86. The second-order valence-corrected chi connectivity index (χ2v) is 6.27. The molecule has 3 rings (SSSR count). The molecule has 1 heteroatoms. The molecule has 1 aliphatic carbocycles. The van der Waals surface area contributed by atoms with Crippen molar-refractivity contribution >= 4 is 0 Å². The molecule has 0 spiro atoms. The first-order valence-electron chi connectivity index (χ1n) is 8.15. The third-order valence-corrected chi connectivity index (χ3v) is 4.47. The van der Waals surface area contributed by atoms with E-state index in [0.717, 1.165) is 18.9 Å². The second kappa shape index (κ2) is 6.44. The van der Waals surface area contributed by atoms with E-state index in [1.807, 2.05) is 0 Å². The molecule has 1 N–H and O–H groups in total. The summed E-state index contributed by atoms with van der Waals surface area (Å²) in [6, 6.07) is 18.5. The molecular formula is C20H25N. The standard InChI is InChI=1S/C20H25N/c1-3-20(19-8-4-15(2)5-9-19)21-14-16-6-10-17(11-7-16)18-12-13-18/h4-11,18,20-21H,3,12-14H2,1-2H3. The highest BCUT2D eigenvalue weighted by atomic mass is 14.9. The number of rotatable bonds is 6. The van der Waals surface area contributed by atoms with Gasteiger partial charge in [0, 0.05) is 12.6 Å². The molecule has 0 bridgehead atoms. The summed E-state index contributed by atoms with van der Waals surface area (Å²) in [4.78, 5) is 0. The van der Waals surface area contributed by atoms with Crippen LogP contribution in [0, 0.1) is 6.92 Å². The van der Waals surface area contributed by atoms with Crippen molar-refractivity contribution in [1.29, 1.82) is 0 Å². The van der Waals surface area contributed by atoms with E-state index < -0.39 is 0 Å². The Hall–Kier alpha value is -1.60. The van der Waals surface area contributed by atoms with Crippen molar-refractivity contribution in [2.75, 3.05) is 0 Å². The number of aryl methyl sites for hydroxylation is 1. The van der Waals surface area contributed by atoms with E-state index in [1.54, 1.807) is 0 Å². The zero-order valence-corrected chi connectivity index (χ0v) is 13.1. The maximum absolute atomic E-state index is 3.69. The Morgan fingerprint density at radius 2 is 1.67 bits per heavy atom. The smallest absolute Gasteiger partial charge is 0.0320 e. The van der Waals surface area contributed by atoms with Crippen LogP contribution in [-0.4, -0.2) is 0 Å². The van der Waals surface area contributed by atoms with Crippen molar-refractivity contribution in [3.8, 4) is 0 Å². The van der Waals surface area contributed by atoms with E-state index >= 15 is 0 Å². The molecular weight excluding hydrogens is 254 g/mol. The molecule has 110 valence electrons. The maximum atomic E-state index is 3.69. The molecule has 0 aromatic heterocycles. The molecule has 2 aromatic rings. The van der Waals surface area contributed by atoms with Gasteiger partial charge in [0.15, 0.2) is 0 Å². The van der Waals surface area contributed by atoms with Crippen LogP contribution < -0.4 is 5.32 Å². The zero-order chi connectivity index (χ0) is 14.7. The quantitative estimate of drug-likeness (QED) is 0.774. The van der Waals surface area contributed by atoms with Crippen molar-refractivity contribution in [2.24, 2.45) is 0 Å². The van der Waals surface area contributed by atoms with Crippen molar-refractivity contribution < 1.29 is 0 Å². The Kier molecular flexibility index (Phi) is 4.40. The SMILES string of the molecule is CCC(NCc1ccc(C2CC2)cc1)c1ccc(C)cc1. The topological polar surface area (TPSA) is 12.0 Å². The van der Waals surface area contributed by atoms with Gasteiger partial charge in [-0.15, -0.1) is 0 Å². The summed E-state index contributed by atoms with van der Waals surface area (Å²) in [6.45, 7) is 5.32. The van der Waals surface area contributed by atoms with Crippen LogP contribution in [0.15, 0.2) is 48.5 Å². The molecule has 0 radical (unpaired) electrons. The van der Waals surface area contributed by atoms with Gasteiger partial charge in [-0.25, -0.2) is 0 Å². The highest BCUT2D eigenvalue weighted by molar-refractivity contribution is 5.28. The van der Waals surface area contributed by atoms with Crippen LogP contribution in [0.2, 0.25) is 0 Å². The summed E-state index contributed by atoms with van der Waals surface area (Å²) < 4.78 is 0. The van der Waals surface area contributed by atoms with E-state index in [-0.39, 0.29) is 0 Å². The molecule has 1 fully saturated rings. The average Bonchev–Trinajstić information content (AvgIpc) is 3.35. The highest BCUT2D eigenvalue weighted by Crippen LogP contribution is 2.39. The van der Waals surface area contributed by atoms with Gasteiger partial charge in [0.25, 0.3) is 0 Å². The Balaban J connectivity index is 1.60. The predicted octanol–water partition coefficient (Wildman–Crippen LogP) is 5.11. The molecule has 1 atom stereocenters. The minimum absolute atomic E-state index is 0.439. The van der Waals surface area contributed by atoms with Crippen LogP contribution >= 0.6 is 0 Å². The first-order chi connectivity index (χ1) is 10.3. The summed E-state index contributed by atoms with van der Waals surface area (Å²) in [5.74, 6) is 0.850. The molecule has 0 aliphatic heterocycles. The Bertz CT molecular complexity index is 564. The predicted molar refractivity (Wildman–Crippen MR) is 89.5 cm³/mol. The van der Waals surface area contributed by atoms with Gasteiger partial charge in [0.05, 0.1) is 0 Å². The Morgan fingerprint density at radius 1 is 1.00 bits per heavy atom. The summed E-state index contributed by atoms with van der Waals surface area (Å²) >= 11 is 0. The molecule has 1 nitrogen and oxygen atoms in total. The summed E-state index contributed by atoms with van der Waals surface area (Å²) in [6.07, 6.45) is 3.87. The number of benzene rings is 2. The van der Waals surface area contributed by atoms with Crippen LogP contribution in [-0.2, 0) is 6.54 Å². The van der Waals surface area contributed by atoms with E-state index in [4.69, 9.17) is 0 Å². The lowest BCUT2D eigenvalue weighted by atomic mass is 10.0. The summed E-state index contributed by atoms with van der Waals surface area (Å²) in [5, 5.41) is 3.69. The first-order valence-corrected chi connectivity index (χ1v) is 8.15. The lowest BCUT2D eigenvalue weighted by molar-refractivity contribution is 0.519. The monoisotopic (exact) mass is 279 g/mol. The minimum atomic E-state index is 0.439. The van der Waals surface area contributed by atoms with Crippen molar-refractivity contribution in [3.05, 3.63) is 70.8 Å². The normalized spacial score (nSPS) is 15.9. The van der Waals surface area contributed by atoms with E-state index in [1.165, 1.54) is 35.1 Å². The van der Waals surface area contributed by atoms with Gasteiger partial charge >= 0.3 is 0 Å². The zero-order valence-electron chi connectivity index (χ0n) is 13.1. The van der Waals surface area contributed by atoms with Gasteiger partial charge in [-0.05, 0) is 48.8 Å². The van der Waals surface area contributed by atoms with Crippen LogP contribution in [0.1, 0.15) is 60.4 Å². The molecule has 2 aromatic carbocycles. The minimum Gasteiger partial charge on any atom is -0.306 e. The fourth-order valence-corrected chi connectivity index (χ4v) is 2.86. The van der Waals surface area contributed by atoms with Crippen molar-refractivity contribution in [1.82, 2.24) is 5.32 Å². The molecule has 21 heavy (non-hydrogen) atoms. The van der Waals surface area contributed by atoms with Gasteiger partial charge in [0.2, 0.25) is 0 Å². The lowest BCUT2D eigenvalue weighted by Crippen LogP contribution is -2.20. The maximum Gasteiger partial charge on any atom is 0.0320 e. The highest BCUT2D eigenvalue weighted by Gasteiger charge is 2.22. The molecule has 0 saturated heterocycles. The number of hydrogen-bond acceptors (Lipinski definition) is 1. The molecule has 1 aliphatic rings. The Morgan fingerprint density at radius 3 is 2.24 bits per heavy atom. The molecule has 0 amide bonds.